The summed E-state index contributed by atoms with van der Waals surface area (Å²) < 4.78 is 5.55. The molecule has 1 heterocycles. The van der Waals surface area contributed by atoms with Crippen LogP contribution in [-0.2, 0) is 4.74 Å². The molecule has 0 radical (unpaired) electrons. The zero-order chi connectivity index (χ0) is 12.0. The van der Waals surface area contributed by atoms with Crippen molar-refractivity contribution in [1.82, 2.24) is 5.32 Å². The third-order valence-corrected chi connectivity index (χ3v) is 2.86. The zero-order valence-electron chi connectivity index (χ0n) is 10.9. The normalized spacial score (nSPS) is 18.2. The highest BCUT2D eigenvalue weighted by atomic mass is 16.5. The van der Waals surface area contributed by atoms with E-state index in [1.807, 2.05) is 6.92 Å². The molecule has 1 N–H and O–H groups in total. The van der Waals surface area contributed by atoms with Crippen molar-refractivity contribution in [2.24, 2.45) is 0 Å². The van der Waals surface area contributed by atoms with E-state index in [2.05, 4.69) is 38.2 Å². The Kier molecular flexibility index (Phi) is 5.17. The summed E-state index contributed by atoms with van der Waals surface area (Å²) in [5, 5.41) is 3.40. The first-order chi connectivity index (χ1) is 7.66. The van der Waals surface area contributed by atoms with Gasteiger partial charge in [0.05, 0.1) is 5.70 Å². The molecule has 1 aliphatic rings. The number of rotatable bonds is 4. The standard InChI is InChI=1S/C14H23NO/c1-5-6-7-8-11(2)12(3)14-13(4)16-10-9-15-14/h7-8,15H,5-6,9-10H2,1-4H3/b8-7+,12-11-. The van der Waals surface area contributed by atoms with E-state index in [0.717, 1.165) is 31.0 Å². The molecule has 2 nitrogen and oxygen atoms in total. The van der Waals surface area contributed by atoms with Crippen molar-refractivity contribution in [3.63, 3.8) is 0 Å². The average molecular weight is 221 g/mol. The molecule has 0 aromatic heterocycles. The van der Waals surface area contributed by atoms with Gasteiger partial charge in [-0.15, -0.1) is 0 Å². The van der Waals surface area contributed by atoms with Gasteiger partial charge in [-0.05, 0) is 38.3 Å². The van der Waals surface area contributed by atoms with Crippen LogP contribution in [0.15, 0.2) is 34.8 Å². The van der Waals surface area contributed by atoms with Crippen LogP contribution < -0.4 is 5.32 Å². The molecule has 1 rings (SSSR count). The van der Waals surface area contributed by atoms with Crippen molar-refractivity contribution in [2.45, 2.75) is 40.5 Å². The van der Waals surface area contributed by atoms with Crippen LogP contribution in [0.5, 0.6) is 0 Å². The van der Waals surface area contributed by atoms with E-state index in [1.54, 1.807) is 0 Å². The van der Waals surface area contributed by atoms with E-state index in [1.165, 1.54) is 17.6 Å². The van der Waals surface area contributed by atoms with Crippen molar-refractivity contribution in [3.05, 3.63) is 34.8 Å². The lowest BCUT2D eigenvalue weighted by molar-refractivity contribution is 0.194. The molecule has 0 amide bonds. The van der Waals surface area contributed by atoms with Crippen LogP contribution in [0.2, 0.25) is 0 Å². The van der Waals surface area contributed by atoms with Crippen LogP contribution in [0.3, 0.4) is 0 Å². The van der Waals surface area contributed by atoms with Crippen LogP contribution in [-0.4, -0.2) is 13.2 Å². The van der Waals surface area contributed by atoms with Gasteiger partial charge in [-0.1, -0.05) is 25.5 Å². The summed E-state index contributed by atoms with van der Waals surface area (Å²) >= 11 is 0. The summed E-state index contributed by atoms with van der Waals surface area (Å²) in [4.78, 5) is 0. The molecule has 0 saturated carbocycles. The molecule has 0 atom stereocenters. The minimum Gasteiger partial charge on any atom is -0.494 e. The summed E-state index contributed by atoms with van der Waals surface area (Å²) in [7, 11) is 0. The monoisotopic (exact) mass is 221 g/mol. The van der Waals surface area contributed by atoms with Crippen molar-refractivity contribution >= 4 is 0 Å². The van der Waals surface area contributed by atoms with E-state index in [4.69, 9.17) is 4.74 Å². The van der Waals surface area contributed by atoms with Gasteiger partial charge in [-0.2, -0.15) is 0 Å². The Labute approximate surface area is 99.1 Å². The fourth-order valence-corrected chi connectivity index (χ4v) is 1.72. The Balaban J connectivity index is 2.81. The average Bonchev–Trinajstić information content (AvgIpc) is 2.29. The summed E-state index contributed by atoms with van der Waals surface area (Å²) in [6, 6.07) is 0. The van der Waals surface area contributed by atoms with E-state index in [9.17, 15) is 0 Å². The lowest BCUT2D eigenvalue weighted by atomic mass is 10.1. The Bertz CT molecular complexity index is 324. The maximum atomic E-state index is 5.55. The summed E-state index contributed by atoms with van der Waals surface area (Å²) in [6.45, 7) is 10.2. The Hall–Kier alpha value is -1.18. The molecule has 0 fully saturated rings. The zero-order valence-corrected chi connectivity index (χ0v) is 10.9. The van der Waals surface area contributed by atoms with E-state index in [-0.39, 0.29) is 0 Å². The highest BCUT2D eigenvalue weighted by Gasteiger charge is 2.11. The number of hydrogen-bond donors (Lipinski definition) is 1. The second-order valence-corrected chi connectivity index (χ2v) is 4.21. The summed E-state index contributed by atoms with van der Waals surface area (Å²) in [5.74, 6) is 1.01. The molecule has 1 aliphatic heterocycles. The second kappa shape index (κ2) is 6.41. The molecular weight excluding hydrogens is 198 g/mol. The van der Waals surface area contributed by atoms with Gasteiger partial charge >= 0.3 is 0 Å². The van der Waals surface area contributed by atoms with Gasteiger partial charge in [0, 0.05) is 6.54 Å². The van der Waals surface area contributed by atoms with Gasteiger partial charge < -0.3 is 10.1 Å². The van der Waals surface area contributed by atoms with Gasteiger partial charge in [0.15, 0.2) is 0 Å². The van der Waals surface area contributed by atoms with Gasteiger partial charge in [0.1, 0.15) is 12.4 Å². The third kappa shape index (κ3) is 3.44. The van der Waals surface area contributed by atoms with E-state index >= 15 is 0 Å². The fourth-order valence-electron chi connectivity index (χ4n) is 1.72. The van der Waals surface area contributed by atoms with Gasteiger partial charge in [-0.3, -0.25) is 0 Å². The molecule has 90 valence electrons. The minimum atomic E-state index is 0.771. The van der Waals surface area contributed by atoms with Crippen LogP contribution in [0, 0.1) is 0 Å². The van der Waals surface area contributed by atoms with Gasteiger partial charge in [-0.25, -0.2) is 0 Å². The first-order valence-corrected chi connectivity index (χ1v) is 6.08. The van der Waals surface area contributed by atoms with Gasteiger partial charge in [0.25, 0.3) is 0 Å². The first-order valence-electron chi connectivity index (χ1n) is 6.08. The SMILES string of the molecule is CCC/C=C/C(C)=C(/C)C1=C(C)OCCN1. The molecule has 0 aromatic rings. The topological polar surface area (TPSA) is 21.3 Å². The Morgan fingerprint density at radius 3 is 2.81 bits per heavy atom. The predicted molar refractivity (Wildman–Crippen MR) is 69.1 cm³/mol. The highest BCUT2D eigenvalue weighted by molar-refractivity contribution is 5.38. The lowest BCUT2D eigenvalue weighted by Gasteiger charge is -2.22. The molecule has 16 heavy (non-hydrogen) atoms. The molecule has 0 saturated heterocycles. The quantitative estimate of drug-likeness (QED) is 0.733. The summed E-state index contributed by atoms with van der Waals surface area (Å²) in [5.41, 5.74) is 3.75. The predicted octanol–water partition coefficient (Wildman–Crippen LogP) is 3.53. The number of hydrogen-bond acceptors (Lipinski definition) is 2. The number of allylic oxidation sites excluding steroid dienone is 5. The minimum absolute atomic E-state index is 0.771. The van der Waals surface area contributed by atoms with Crippen LogP contribution >= 0.6 is 0 Å². The lowest BCUT2D eigenvalue weighted by Crippen LogP contribution is -2.26. The maximum absolute atomic E-state index is 5.55. The molecule has 0 bridgehead atoms. The smallest absolute Gasteiger partial charge is 0.116 e. The number of unbranched alkanes of at least 4 members (excludes halogenated alkanes) is 1. The van der Waals surface area contributed by atoms with Gasteiger partial charge in [0.2, 0.25) is 0 Å². The highest BCUT2D eigenvalue weighted by Crippen LogP contribution is 2.19. The molecular formula is C14H23NO. The Morgan fingerprint density at radius 1 is 1.44 bits per heavy atom. The largest absolute Gasteiger partial charge is 0.494 e. The van der Waals surface area contributed by atoms with E-state index < -0.39 is 0 Å². The molecule has 0 spiro atoms. The molecule has 0 unspecified atom stereocenters. The fraction of sp³-hybridized carbons (Fsp3) is 0.571. The van der Waals surface area contributed by atoms with Crippen molar-refractivity contribution in [1.29, 1.82) is 0 Å². The van der Waals surface area contributed by atoms with Crippen LogP contribution in [0.4, 0.5) is 0 Å². The number of ether oxygens (including phenoxy) is 1. The van der Waals surface area contributed by atoms with Crippen LogP contribution in [0.25, 0.3) is 0 Å². The van der Waals surface area contributed by atoms with E-state index in [0.29, 0.717) is 0 Å². The summed E-state index contributed by atoms with van der Waals surface area (Å²) in [6.07, 6.45) is 6.78. The maximum Gasteiger partial charge on any atom is 0.116 e. The Morgan fingerprint density at radius 2 is 2.19 bits per heavy atom. The number of nitrogens with one attached hydrogen (secondary N) is 1. The first kappa shape index (κ1) is 12.9. The van der Waals surface area contributed by atoms with Crippen LogP contribution in [0.1, 0.15) is 40.5 Å². The van der Waals surface area contributed by atoms with Crippen molar-refractivity contribution in [2.75, 3.05) is 13.2 Å². The van der Waals surface area contributed by atoms with Crippen molar-refractivity contribution in [3.8, 4) is 0 Å². The van der Waals surface area contributed by atoms with Crippen molar-refractivity contribution < 1.29 is 4.74 Å². The molecule has 2 heteroatoms. The molecule has 0 aromatic carbocycles. The molecule has 0 aliphatic carbocycles. The third-order valence-electron chi connectivity index (χ3n) is 2.86. The second-order valence-electron chi connectivity index (χ2n) is 4.21.